The molecule has 2 heterocycles. The predicted octanol–water partition coefficient (Wildman–Crippen LogP) is 4.46. The van der Waals surface area contributed by atoms with Crippen molar-refractivity contribution in [2.45, 2.75) is 19.8 Å². The quantitative estimate of drug-likeness (QED) is 0.631. The smallest absolute Gasteiger partial charge is 0.276 e. The Hall–Kier alpha value is -2.11. The first-order chi connectivity index (χ1) is 11.6. The third kappa shape index (κ3) is 3.52. The number of nitrogens with zero attached hydrogens (tertiary/aromatic N) is 1. The third-order valence-corrected chi connectivity index (χ3v) is 4.28. The molecule has 1 aromatic heterocycles. The second-order valence-corrected chi connectivity index (χ2v) is 6.33. The summed E-state index contributed by atoms with van der Waals surface area (Å²) in [6.07, 6.45) is 3.60. The van der Waals surface area contributed by atoms with Gasteiger partial charge in [0.25, 0.3) is 5.91 Å². The molecule has 1 saturated heterocycles. The standard InChI is InChI=1S/C18H17ClN2O2S/c1-2-3-9-21-17(22)15(20-18(21)24)11-14-7-8-16(23-14)12-5-4-6-13(19)10-12/h4-8,10-11H,2-3,9H2,1H3,(H,20,24)/b15-11+. The van der Waals surface area contributed by atoms with Crippen LogP contribution in [0.2, 0.25) is 5.02 Å². The van der Waals surface area contributed by atoms with Gasteiger partial charge in [0.2, 0.25) is 0 Å². The molecule has 1 N–H and O–H groups in total. The van der Waals surface area contributed by atoms with Crippen molar-refractivity contribution in [1.29, 1.82) is 0 Å². The number of unbranched alkanes of at least 4 members (excludes halogenated alkanes) is 1. The second kappa shape index (κ2) is 7.20. The highest BCUT2D eigenvalue weighted by Gasteiger charge is 2.30. The number of carbonyl (C=O) groups is 1. The summed E-state index contributed by atoms with van der Waals surface area (Å²) in [5.41, 5.74) is 1.32. The molecule has 1 aliphatic heterocycles. The average molecular weight is 361 g/mol. The van der Waals surface area contributed by atoms with Gasteiger partial charge in [0.15, 0.2) is 5.11 Å². The van der Waals surface area contributed by atoms with Gasteiger partial charge in [-0.25, -0.2) is 0 Å². The zero-order chi connectivity index (χ0) is 17.1. The van der Waals surface area contributed by atoms with Crippen molar-refractivity contribution in [2.24, 2.45) is 0 Å². The minimum Gasteiger partial charge on any atom is -0.457 e. The zero-order valence-electron chi connectivity index (χ0n) is 13.2. The summed E-state index contributed by atoms with van der Waals surface area (Å²) in [6, 6.07) is 11.1. The molecule has 1 aromatic carbocycles. The van der Waals surface area contributed by atoms with Crippen molar-refractivity contribution in [3.8, 4) is 11.3 Å². The second-order valence-electron chi connectivity index (χ2n) is 5.51. The Balaban J connectivity index is 1.80. The van der Waals surface area contributed by atoms with Crippen LogP contribution in [0, 0.1) is 0 Å². The molecule has 0 saturated carbocycles. The molecule has 2 aromatic rings. The van der Waals surface area contributed by atoms with E-state index in [9.17, 15) is 4.79 Å². The Bertz CT molecular complexity index is 813. The lowest BCUT2D eigenvalue weighted by Gasteiger charge is -2.12. The summed E-state index contributed by atoms with van der Waals surface area (Å²) in [6.45, 7) is 2.71. The lowest BCUT2D eigenvalue weighted by Crippen LogP contribution is -2.31. The van der Waals surface area contributed by atoms with Crippen LogP contribution in [0.5, 0.6) is 0 Å². The number of thiocarbonyl (C=S) groups is 1. The number of nitrogens with one attached hydrogen (secondary N) is 1. The molecule has 1 fully saturated rings. The molecule has 0 spiro atoms. The summed E-state index contributed by atoms with van der Waals surface area (Å²) >= 11 is 11.2. The van der Waals surface area contributed by atoms with Gasteiger partial charge in [-0.2, -0.15) is 0 Å². The molecule has 0 atom stereocenters. The lowest BCUT2D eigenvalue weighted by molar-refractivity contribution is -0.122. The lowest BCUT2D eigenvalue weighted by atomic mass is 10.2. The maximum absolute atomic E-state index is 12.4. The van der Waals surface area contributed by atoms with Gasteiger partial charge in [-0.1, -0.05) is 37.1 Å². The van der Waals surface area contributed by atoms with Crippen LogP contribution >= 0.6 is 23.8 Å². The molecule has 3 rings (SSSR count). The molecule has 4 nitrogen and oxygen atoms in total. The summed E-state index contributed by atoms with van der Waals surface area (Å²) < 4.78 is 5.80. The van der Waals surface area contributed by atoms with Crippen molar-refractivity contribution < 1.29 is 9.21 Å². The van der Waals surface area contributed by atoms with Gasteiger partial charge in [0.05, 0.1) is 0 Å². The highest BCUT2D eigenvalue weighted by atomic mass is 35.5. The molecule has 24 heavy (non-hydrogen) atoms. The number of benzene rings is 1. The van der Waals surface area contributed by atoms with E-state index in [1.807, 2.05) is 36.4 Å². The Morgan fingerprint density at radius 3 is 2.92 bits per heavy atom. The van der Waals surface area contributed by atoms with Gasteiger partial charge in [-0.15, -0.1) is 0 Å². The highest BCUT2D eigenvalue weighted by Crippen LogP contribution is 2.26. The van der Waals surface area contributed by atoms with E-state index in [1.54, 1.807) is 11.0 Å². The van der Waals surface area contributed by atoms with Crippen LogP contribution in [0.1, 0.15) is 25.5 Å². The van der Waals surface area contributed by atoms with E-state index in [0.717, 1.165) is 18.4 Å². The Labute approximate surface area is 151 Å². The molecule has 1 amide bonds. The number of carbonyl (C=O) groups excluding carboxylic acids is 1. The fourth-order valence-corrected chi connectivity index (χ4v) is 2.93. The van der Waals surface area contributed by atoms with Crippen molar-refractivity contribution in [2.75, 3.05) is 6.54 Å². The van der Waals surface area contributed by atoms with Crippen molar-refractivity contribution >= 4 is 40.9 Å². The number of amides is 1. The van der Waals surface area contributed by atoms with Crippen molar-refractivity contribution in [1.82, 2.24) is 10.2 Å². The molecule has 0 radical (unpaired) electrons. The van der Waals surface area contributed by atoms with Crippen LogP contribution in [-0.4, -0.2) is 22.5 Å². The largest absolute Gasteiger partial charge is 0.457 e. The number of furan rings is 1. The molecule has 1 aliphatic rings. The first-order valence-electron chi connectivity index (χ1n) is 7.79. The molecular weight excluding hydrogens is 344 g/mol. The monoisotopic (exact) mass is 360 g/mol. The maximum atomic E-state index is 12.4. The summed E-state index contributed by atoms with van der Waals surface area (Å²) in [4.78, 5) is 14.0. The van der Waals surface area contributed by atoms with Gasteiger partial charge in [0.1, 0.15) is 17.2 Å². The van der Waals surface area contributed by atoms with Crippen LogP contribution in [0.3, 0.4) is 0 Å². The number of hydrogen-bond donors (Lipinski definition) is 1. The van der Waals surface area contributed by atoms with Crippen molar-refractivity contribution in [3.05, 3.63) is 52.9 Å². The van der Waals surface area contributed by atoms with Crippen LogP contribution < -0.4 is 5.32 Å². The predicted molar refractivity (Wildman–Crippen MR) is 99.5 cm³/mol. The fraction of sp³-hybridized carbons (Fsp3) is 0.222. The number of hydrogen-bond acceptors (Lipinski definition) is 3. The highest BCUT2D eigenvalue weighted by molar-refractivity contribution is 7.80. The third-order valence-electron chi connectivity index (χ3n) is 3.72. The van der Waals surface area contributed by atoms with E-state index in [-0.39, 0.29) is 5.91 Å². The van der Waals surface area contributed by atoms with Gasteiger partial charge >= 0.3 is 0 Å². The maximum Gasteiger partial charge on any atom is 0.276 e. The molecule has 0 bridgehead atoms. The van der Waals surface area contributed by atoms with Crippen LogP contribution in [0.15, 0.2) is 46.5 Å². The summed E-state index contributed by atoms with van der Waals surface area (Å²) in [5.74, 6) is 1.16. The first-order valence-corrected chi connectivity index (χ1v) is 8.57. The normalized spacial score (nSPS) is 16.1. The van der Waals surface area contributed by atoms with Gasteiger partial charge in [0, 0.05) is 23.2 Å². The molecule has 0 unspecified atom stereocenters. The van der Waals surface area contributed by atoms with E-state index in [0.29, 0.717) is 33.9 Å². The van der Waals surface area contributed by atoms with E-state index < -0.39 is 0 Å². The van der Waals surface area contributed by atoms with E-state index in [1.165, 1.54) is 0 Å². The Kier molecular flexibility index (Phi) is 5.02. The Morgan fingerprint density at radius 1 is 1.33 bits per heavy atom. The molecule has 0 aliphatic carbocycles. The topological polar surface area (TPSA) is 45.5 Å². The minimum atomic E-state index is -0.117. The van der Waals surface area contributed by atoms with Gasteiger partial charge in [-0.3, -0.25) is 9.69 Å². The van der Waals surface area contributed by atoms with Crippen molar-refractivity contribution in [3.63, 3.8) is 0 Å². The average Bonchev–Trinajstić information content (AvgIpc) is 3.12. The summed E-state index contributed by atoms with van der Waals surface area (Å²) in [5, 5.41) is 4.05. The minimum absolute atomic E-state index is 0.117. The van der Waals surface area contributed by atoms with E-state index in [4.69, 9.17) is 28.2 Å². The number of halogens is 1. The van der Waals surface area contributed by atoms with E-state index >= 15 is 0 Å². The van der Waals surface area contributed by atoms with E-state index in [2.05, 4.69) is 12.2 Å². The number of rotatable bonds is 5. The molecule has 6 heteroatoms. The molecule has 124 valence electrons. The summed E-state index contributed by atoms with van der Waals surface area (Å²) in [7, 11) is 0. The van der Waals surface area contributed by atoms with Crippen LogP contribution in [0.4, 0.5) is 0 Å². The SMILES string of the molecule is CCCCN1C(=O)/C(=C\c2ccc(-c3cccc(Cl)c3)o2)NC1=S. The van der Waals surface area contributed by atoms with Gasteiger partial charge < -0.3 is 9.73 Å². The van der Waals surface area contributed by atoms with Gasteiger partial charge in [-0.05, 0) is 42.9 Å². The van der Waals surface area contributed by atoms with Crippen LogP contribution in [0.25, 0.3) is 17.4 Å². The van der Waals surface area contributed by atoms with Crippen LogP contribution in [-0.2, 0) is 4.79 Å². The first kappa shape index (κ1) is 16.7. The zero-order valence-corrected chi connectivity index (χ0v) is 14.8. The molecular formula is C18H17ClN2O2S. The fourth-order valence-electron chi connectivity index (χ4n) is 2.46. The Morgan fingerprint density at radius 2 is 2.17 bits per heavy atom.